The molecule has 3 aromatic rings. The van der Waals surface area contributed by atoms with Crippen molar-refractivity contribution in [2.75, 3.05) is 13.1 Å². The minimum Gasteiger partial charge on any atom is -0.391 e. The highest BCUT2D eigenvalue weighted by molar-refractivity contribution is 5.84. The fraction of sp³-hybridized carbons (Fsp3) is 0.609. The molecule has 166 valence electrons. The molecule has 1 saturated carbocycles. The zero-order valence-corrected chi connectivity index (χ0v) is 18.2. The van der Waals surface area contributed by atoms with Gasteiger partial charge in [0.1, 0.15) is 11.3 Å². The summed E-state index contributed by atoms with van der Waals surface area (Å²) in [6.45, 7) is 5.91. The fourth-order valence-corrected chi connectivity index (χ4v) is 5.19. The second kappa shape index (κ2) is 8.31. The maximum absolute atomic E-state index is 14.6. The quantitative estimate of drug-likeness (QED) is 0.674. The Bertz CT molecular complexity index is 1050. The highest BCUT2D eigenvalue weighted by Crippen LogP contribution is 2.33. The smallest absolute Gasteiger partial charge is 0.291 e. The van der Waals surface area contributed by atoms with E-state index in [9.17, 15) is 9.50 Å². The summed E-state index contributed by atoms with van der Waals surface area (Å²) >= 11 is 0. The maximum atomic E-state index is 14.6. The predicted octanol–water partition coefficient (Wildman–Crippen LogP) is 4.15. The van der Waals surface area contributed by atoms with Crippen LogP contribution >= 0.6 is 0 Å². The predicted molar refractivity (Wildman–Crippen MR) is 115 cm³/mol. The van der Waals surface area contributed by atoms with Gasteiger partial charge in [0, 0.05) is 17.3 Å². The van der Waals surface area contributed by atoms with Crippen LogP contribution in [0.25, 0.3) is 16.9 Å². The summed E-state index contributed by atoms with van der Waals surface area (Å²) in [5.74, 6) is 0.848. The molecule has 1 N–H and O–H groups in total. The maximum Gasteiger partial charge on any atom is 0.291 e. The SMILES string of the molecule is CC(C)c1nn(-c2noc(C3CCN(C4CCCCC4O)CC3)n2)c2c(F)cccc12. The van der Waals surface area contributed by atoms with Gasteiger partial charge < -0.3 is 9.63 Å². The number of rotatable bonds is 4. The molecule has 2 atom stereocenters. The van der Waals surface area contributed by atoms with Crippen molar-refractivity contribution < 1.29 is 14.0 Å². The highest BCUT2D eigenvalue weighted by atomic mass is 19.1. The molecule has 0 spiro atoms. The van der Waals surface area contributed by atoms with E-state index in [4.69, 9.17) is 4.52 Å². The van der Waals surface area contributed by atoms with Crippen molar-refractivity contribution in [1.29, 1.82) is 0 Å². The van der Waals surface area contributed by atoms with E-state index in [1.807, 2.05) is 19.9 Å². The lowest BCUT2D eigenvalue weighted by Crippen LogP contribution is -2.48. The van der Waals surface area contributed by atoms with Crippen LogP contribution < -0.4 is 0 Å². The van der Waals surface area contributed by atoms with Gasteiger partial charge in [-0.25, -0.2) is 4.39 Å². The van der Waals surface area contributed by atoms with Crippen LogP contribution in [0.3, 0.4) is 0 Å². The Hall–Kier alpha value is -2.32. The minimum absolute atomic E-state index is 0.149. The molecule has 0 amide bonds. The van der Waals surface area contributed by atoms with Gasteiger partial charge in [-0.3, -0.25) is 4.90 Å². The Morgan fingerprint density at radius 2 is 1.90 bits per heavy atom. The molecule has 7 nitrogen and oxygen atoms in total. The zero-order valence-electron chi connectivity index (χ0n) is 18.2. The lowest BCUT2D eigenvalue weighted by atomic mass is 9.88. The molecule has 2 aromatic heterocycles. The van der Waals surface area contributed by atoms with E-state index in [1.165, 1.54) is 17.2 Å². The van der Waals surface area contributed by atoms with E-state index in [1.54, 1.807) is 6.07 Å². The molecular formula is C23H30FN5O2. The molecule has 5 rings (SSSR count). The third-order valence-corrected chi connectivity index (χ3v) is 6.89. The molecule has 0 radical (unpaired) electrons. The number of likely N-dealkylation sites (tertiary alicyclic amines) is 1. The van der Waals surface area contributed by atoms with Crippen molar-refractivity contribution in [3.8, 4) is 5.95 Å². The van der Waals surface area contributed by atoms with E-state index in [0.717, 1.165) is 56.3 Å². The molecule has 2 fully saturated rings. The number of nitrogens with zero attached hydrogens (tertiary/aromatic N) is 5. The number of hydrogen-bond donors (Lipinski definition) is 1. The third-order valence-electron chi connectivity index (χ3n) is 6.89. The number of para-hydroxylation sites is 1. The number of piperidine rings is 1. The lowest BCUT2D eigenvalue weighted by molar-refractivity contribution is 0.00731. The van der Waals surface area contributed by atoms with Crippen LogP contribution in [-0.4, -0.2) is 55.2 Å². The topological polar surface area (TPSA) is 80.2 Å². The normalized spacial score (nSPS) is 23.8. The Labute approximate surface area is 181 Å². The summed E-state index contributed by atoms with van der Waals surface area (Å²) in [4.78, 5) is 7.03. The summed E-state index contributed by atoms with van der Waals surface area (Å²) in [6.07, 6.45) is 5.92. The Morgan fingerprint density at radius 1 is 1.13 bits per heavy atom. The molecule has 1 aromatic carbocycles. The van der Waals surface area contributed by atoms with Crippen LogP contribution in [0.1, 0.15) is 75.8 Å². The van der Waals surface area contributed by atoms with Crippen molar-refractivity contribution in [1.82, 2.24) is 24.8 Å². The summed E-state index contributed by atoms with van der Waals surface area (Å²) in [5.41, 5.74) is 1.21. The van der Waals surface area contributed by atoms with Crippen LogP contribution in [0.5, 0.6) is 0 Å². The van der Waals surface area contributed by atoms with Gasteiger partial charge in [-0.1, -0.05) is 38.8 Å². The standard InChI is InChI=1S/C23H30FN5O2/c1-14(2)20-16-6-5-7-17(24)21(16)29(26-20)23-25-22(31-27-23)15-10-12-28(13-11-15)18-8-3-4-9-19(18)30/h5-7,14-15,18-19,30H,3-4,8-13H2,1-2H3. The molecule has 1 aliphatic heterocycles. The molecule has 3 heterocycles. The van der Waals surface area contributed by atoms with Gasteiger partial charge in [0.05, 0.1) is 11.8 Å². The first-order chi connectivity index (χ1) is 15.0. The Balaban J connectivity index is 1.36. The van der Waals surface area contributed by atoms with Gasteiger partial charge in [-0.15, -0.1) is 0 Å². The van der Waals surface area contributed by atoms with Gasteiger partial charge in [-0.2, -0.15) is 14.8 Å². The van der Waals surface area contributed by atoms with Crippen molar-refractivity contribution in [2.45, 2.75) is 76.4 Å². The Morgan fingerprint density at radius 3 is 2.65 bits per heavy atom. The van der Waals surface area contributed by atoms with Gasteiger partial charge in [-0.05, 0) is 55.9 Å². The van der Waals surface area contributed by atoms with Crippen molar-refractivity contribution >= 4 is 10.9 Å². The van der Waals surface area contributed by atoms with E-state index < -0.39 is 0 Å². The van der Waals surface area contributed by atoms with Crippen LogP contribution in [0, 0.1) is 5.82 Å². The van der Waals surface area contributed by atoms with Crippen LogP contribution in [0.15, 0.2) is 22.7 Å². The number of benzene rings is 1. The number of halogens is 1. The summed E-state index contributed by atoms with van der Waals surface area (Å²) in [7, 11) is 0. The van der Waals surface area contributed by atoms with E-state index in [-0.39, 0.29) is 35.7 Å². The van der Waals surface area contributed by atoms with E-state index in [0.29, 0.717) is 11.4 Å². The second-order valence-corrected chi connectivity index (χ2v) is 9.25. The molecule has 2 aliphatic rings. The number of hydrogen-bond acceptors (Lipinski definition) is 6. The largest absolute Gasteiger partial charge is 0.391 e. The second-order valence-electron chi connectivity index (χ2n) is 9.25. The summed E-state index contributed by atoms with van der Waals surface area (Å²) < 4.78 is 21.7. The first kappa shape index (κ1) is 20.6. The van der Waals surface area contributed by atoms with Crippen LogP contribution in [0.4, 0.5) is 4.39 Å². The average molecular weight is 428 g/mol. The fourth-order valence-electron chi connectivity index (χ4n) is 5.19. The third kappa shape index (κ3) is 3.76. The van der Waals surface area contributed by atoms with Gasteiger partial charge in [0.2, 0.25) is 5.89 Å². The molecule has 8 heteroatoms. The molecule has 31 heavy (non-hydrogen) atoms. The van der Waals surface area contributed by atoms with Crippen molar-refractivity contribution in [2.24, 2.45) is 0 Å². The average Bonchev–Trinajstić information content (AvgIpc) is 3.40. The molecular weight excluding hydrogens is 397 g/mol. The summed E-state index contributed by atoms with van der Waals surface area (Å²) in [5, 5.41) is 19.9. The lowest BCUT2D eigenvalue weighted by Gasteiger charge is -2.41. The van der Waals surface area contributed by atoms with Gasteiger partial charge >= 0.3 is 0 Å². The summed E-state index contributed by atoms with van der Waals surface area (Å²) in [6, 6.07) is 5.30. The minimum atomic E-state index is -0.345. The van der Waals surface area contributed by atoms with Crippen LogP contribution in [0.2, 0.25) is 0 Å². The number of aromatic nitrogens is 4. The number of aliphatic hydroxyl groups excluding tert-OH is 1. The molecule has 1 saturated heterocycles. The Kier molecular flexibility index (Phi) is 5.52. The number of aliphatic hydroxyl groups is 1. The number of fused-ring (bicyclic) bond motifs is 1. The monoisotopic (exact) mass is 427 g/mol. The van der Waals surface area contributed by atoms with Crippen molar-refractivity contribution in [3.63, 3.8) is 0 Å². The van der Waals surface area contributed by atoms with Gasteiger partial charge in [0.15, 0.2) is 0 Å². The molecule has 2 unspecified atom stereocenters. The van der Waals surface area contributed by atoms with E-state index >= 15 is 0 Å². The molecule has 0 bridgehead atoms. The zero-order chi connectivity index (χ0) is 21.5. The first-order valence-corrected chi connectivity index (χ1v) is 11.5. The van der Waals surface area contributed by atoms with Gasteiger partial charge in [0.25, 0.3) is 5.95 Å². The van der Waals surface area contributed by atoms with Crippen molar-refractivity contribution in [3.05, 3.63) is 35.6 Å². The van der Waals surface area contributed by atoms with E-state index in [2.05, 4.69) is 20.1 Å². The highest BCUT2D eigenvalue weighted by Gasteiger charge is 2.33. The van der Waals surface area contributed by atoms with Crippen LogP contribution in [-0.2, 0) is 0 Å². The molecule has 1 aliphatic carbocycles. The first-order valence-electron chi connectivity index (χ1n) is 11.5.